The molecule has 0 aliphatic heterocycles. The highest BCUT2D eigenvalue weighted by Crippen LogP contribution is 2.38. The molecule has 0 unspecified atom stereocenters. The van der Waals surface area contributed by atoms with Gasteiger partial charge in [-0.3, -0.25) is 9.59 Å². The number of benzene rings is 1. The number of hydrogen-bond acceptors (Lipinski definition) is 5. The maximum atomic E-state index is 12.9. The molecule has 2 N–H and O–H groups in total. The van der Waals surface area contributed by atoms with Crippen molar-refractivity contribution in [3.05, 3.63) is 52.4 Å². The summed E-state index contributed by atoms with van der Waals surface area (Å²) in [5, 5.41) is 14.4. The van der Waals surface area contributed by atoms with Crippen LogP contribution in [0.5, 0.6) is 0 Å². The van der Waals surface area contributed by atoms with Gasteiger partial charge < -0.3 is 15.2 Å². The standard InChI is InChI=1S/C22H23NO5S/c1-12-8-9-13(2)16(10-12)17-11-29-20(18(17)22(27)28-3)23-19(24)14-6-4-5-7-15(14)21(25)26/h4-5,8-11,14-15H,6-7H2,1-3H3,(H,23,24)(H,25,26)/t14-,15-/m0/s1. The fourth-order valence-corrected chi connectivity index (χ4v) is 4.51. The normalized spacial score (nSPS) is 18.3. The Balaban J connectivity index is 1.98. The third-order valence-corrected chi connectivity index (χ3v) is 6.08. The Morgan fingerprint density at radius 2 is 1.79 bits per heavy atom. The summed E-state index contributed by atoms with van der Waals surface area (Å²) in [6.45, 7) is 3.93. The molecule has 1 aromatic carbocycles. The molecule has 1 aliphatic carbocycles. The van der Waals surface area contributed by atoms with Gasteiger partial charge in [0.15, 0.2) is 0 Å². The maximum absolute atomic E-state index is 12.9. The van der Waals surface area contributed by atoms with Crippen LogP contribution in [0, 0.1) is 25.7 Å². The van der Waals surface area contributed by atoms with E-state index in [2.05, 4.69) is 5.32 Å². The number of anilines is 1. The van der Waals surface area contributed by atoms with Crippen LogP contribution in [0.4, 0.5) is 5.00 Å². The van der Waals surface area contributed by atoms with E-state index >= 15 is 0 Å². The van der Waals surface area contributed by atoms with Crippen molar-refractivity contribution >= 4 is 34.2 Å². The van der Waals surface area contributed by atoms with Gasteiger partial charge in [0.05, 0.1) is 18.9 Å². The van der Waals surface area contributed by atoms with Gasteiger partial charge in [-0.05, 0) is 37.8 Å². The first-order valence-electron chi connectivity index (χ1n) is 9.29. The molecule has 0 saturated carbocycles. The summed E-state index contributed by atoms with van der Waals surface area (Å²) < 4.78 is 4.97. The van der Waals surface area contributed by atoms with Gasteiger partial charge in [0.1, 0.15) is 10.6 Å². The molecule has 0 bridgehead atoms. The van der Waals surface area contributed by atoms with Gasteiger partial charge in [-0.1, -0.05) is 35.9 Å². The van der Waals surface area contributed by atoms with Crippen molar-refractivity contribution in [2.45, 2.75) is 26.7 Å². The number of carboxylic acids is 1. The van der Waals surface area contributed by atoms with E-state index in [9.17, 15) is 19.5 Å². The number of ether oxygens (including phenoxy) is 1. The molecule has 152 valence electrons. The second-order valence-corrected chi connectivity index (χ2v) is 8.03. The number of carbonyl (C=O) groups excluding carboxylic acids is 2. The molecule has 3 rings (SSSR count). The molecule has 29 heavy (non-hydrogen) atoms. The van der Waals surface area contributed by atoms with Gasteiger partial charge in [-0.2, -0.15) is 0 Å². The summed E-state index contributed by atoms with van der Waals surface area (Å²) >= 11 is 1.23. The van der Waals surface area contributed by atoms with E-state index in [4.69, 9.17) is 4.74 Å². The number of amides is 1. The molecule has 6 nitrogen and oxygen atoms in total. The highest BCUT2D eigenvalue weighted by Gasteiger charge is 2.35. The molecule has 7 heteroatoms. The molecule has 2 aromatic rings. The minimum Gasteiger partial charge on any atom is -0.481 e. The van der Waals surface area contributed by atoms with Crippen LogP contribution in [0.1, 0.15) is 34.3 Å². The van der Waals surface area contributed by atoms with Crippen molar-refractivity contribution in [2.75, 3.05) is 12.4 Å². The van der Waals surface area contributed by atoms with Crippen molar-refractivity contribution in [3.63, 3.8) is 0 Å². The van der Waals surface area contributed by atoms with Gasteiger partial charge >= 0.3 is 11.9 Å². The van der Waals surface area contributed by atoms with E-state index in [0.717, 1.165) is 16.7 Å². The minimum atomic E-state index is -0.995. The quantitative estimate of drug-likeness (QED) is 0.559. The molecule has 0 fully saturated rings. The van der Waals surface area contributed by atoms with E-state index in [1.807, 2.05) is 43.5 Å². The number of aliphatic carboxylic acids is 1. The van der Waals surface area contributed by atoms with Crippen molar-refractivity contribution in [1.29, 1.82) is 0 Å². The SMILES string of the molecule is COC(=O)c1c(-c2cc(C)ccc2C)csc1NC(=O)[C@H]1CC=CC[C@@H]1C(=O)O. The number of esters is 1. The topological polar surface area (TPSA) is 92.7 Å². The fraction of sp³-hybridized carbons (Fsp3) is 0.318. The summed E-state index contributed by atoms with van der Waals surface area (Å²) in [4.78, 5) is 36.9. The summed E-state index contributed by atoms with van der Waals surface area (Å²) in [5.74, 6) is -3.41. The lowest BCUT2D eigenvalue weighted by Gasteiger charge is -2.24. The van der Waals surface area contributed by atoms with Gasteiger partial charge in [-0.25, -0.2) is 4.79 Å². The second kappa shape index (κ2) is 8.61. The Bertz CT molecular complexity index is 991. The summed E-state index contributed by atoms with van der Waals surface area (Å²) in [5.41, 5.74) is 3.93. The van der Waals surface area contributed by atoms with Crippen LogP contribution in [0.25, 0.3) is 11.1 Å². The lowest BCUT2D eigenvalue weighted by molar-refractivity contribution is -0.146. The number of rotatable bonds is 5. The van der Waals surface area contributed by atoms with E-state index < -0.39 is 29.7 Å². The van der Waals surface area contributed by atoms with Crippen LogP contribution < -0.4 is 5.32 Å². The number of allylic oxidation sites excluding steroid dienone is 2. The average molecular weight is 413 g/mol. The summed E-state index contributed by atoms with van der Waals surface area (Å²) in [7, 11) is 1.30. The first-order valence-corrected chi connectivity index (χ1v) is 10.2. The Labute approximate surface area is 173 Å². The molecule has 0 saturated heterocycles. The zero-order valence-corrected chi connectivity index (χ0v) is 17.3. The number of hydrogen-bond donors (Lipinski definition) is 2. The lowest BCUT2D eigenvalue weighted by atomic mass is 9.82. The van der Waals surface area contributed by atoms with Gasteiger partial charge in [0.25, 0.3) is 0 Å². The van der Waals surface area contributed by atoms with Crippen LogP contribution in [-0.4, -0.2) is 30.1 Å². The van der Waals surface area contributed by atoms with Crippen molar-refractivity contribution in [2.24, 2.45) is 11.8 Å². The third kappa shape index (κ3) is 4.24. The average Bonchev–Trinajstić information content (AvgIpc) is 3.12. The van der Waals surface area contributed by atoms with Crippen molar-refractivity contribution in [3.8, 4) is 11.1 Å². The van der Waals surface area contributed by atoms with E-state index in [1.165, 1.54) is 18.4 Å². The van der Waals surface area contributed by atoms with E-state index in [-0.39, 0.29) is 5.56 Å². The van der Waals surface area contributed by atoms with Gasteiger partial charge in [-0.15, -0.1) is 11.3 Å². The highest BCUT2D eigenvalue weighted by atomic mass is 32.1. The molecule has 0 spiro atoms. The Morgan fingerprint density at radius 3 is 2.45 bits per heavy atom. The third-order valence-electron chi connectivity index (χ3n) is 5.19. The summed E-state index contributed by atoms with van der Waals surface area (Å²) in [6.07, 6.45) is 4.27. The Morgan fingerprint density at radius 1 is 1.10 bits per heavy atom. The van der Waals surface area contributed by atoms with Crippen molar-refractivity contribution < 1.29 is 24.2 Å². The number of thiophene rings is 1. The van der Waals surface area contributed by atoms with Crippen LogP contribution in [0.15, 0.2) is 35.7 Å². The highest BCUT2D eigenvalue weighted by molar-refractivity contribution is 7.15. The number of aryl methyl sites for hydroxylation is 2. The molecule has 1 heterocycles. The van der Waals surface area contributed by atoms with Crippen molar-refractivity contribution in [1.82, 2.24) is 0 Å². The predicted molar refractivity (Wildman–Crippen MR) is 112 cm³/mol. The zero-order valence-electron chi connectivity index (χ0n) is 16.5. The van der Waals surface area contributed by atoms with E-state index in [1.54, 1.807) is 6.08 Å². The fourth-order valence-electron chi connectivity index (χ4n) is 3.56. The predicted octanol–water partition coefficient (Wildman–Crippen LogP) is 4.42. The molecule has 2 atom stereocenters. The molecule has 1 aliphatic rings. The monoisotopic (exact) mass is 413 g/mol. The van der Waals surface area contributed by atoms with Crippen LogP contribution in [0.2, 0.25) is 0 Å². The number of carboxylic acid groups (broad SMARTS) is 1. The zero-order chi connectivity index (χ0) is 21.1. The smallest absolute Gasteiger partial charge is 0.341 e. The molecule has 1 aromatic heterocycles. The lowest BCUT2D eigenvalue weighted by Crippen LogP contribution is -2.34. The van der Waals surface area contributed by atoms with Gasteiger partial charge in [0.2, 0.25) is 5.91 Å². The van der Waals surface area contributed by atoms with Gasteiger partial charge in [0, 0.05) is 10.9 Å². The molecule has 1 amide bonds. The molecule has 0 radical (unpaired) electrons. The van der Waals surface area contributed by atoms with E-state index in [0.29, 0.717) is 23.4 Å². The summed E-state index contributed by atoms with van der Waals surface area (Å²) in [6, 6.07) is 5.96. The molecular formula is C22H23NO5S. The second-order valence-electron chi connectivity index (χ2n) is 7.15. The van der Waals surface area contributed by atoms with Crippen LogP contribution >= 0.6 is 11.3 Å². The number of carbonyl (C=O) groups is 3. The maximum Gasteiger partial charge on any atom is 0.341 e. The number of nitrogens with one attached hydrogen (secondary N) is 1. The number of methoxy groups -OCH3 is 1. The minimum absolute atomic E-state index is 0.290. The first-order chi connectivity index (χ1) is 13.8. The first kappa shape index (κ1) is 20.8. The largest absolute Gasteiger partial charge is 0.481 e. The van der Waals surface area contributed by atoms with Crippen LogP contribution in [0.3, 0.4) is 0 Å². The van der Waals surface area contributed by atoms with Crippen LogP contribution in [-0.2, 0) is 14.3 Å². The Kier molecular flexibility index (Phi) is 6.17. The Hall–Kier alpha value is -2.93. The molecular weight excluding hydrogens is 390 g/mol.